The summed E-state index contributed by atoms with van der Waals surface area (Å²) >= 11 is 0. The van der Waals surface area contributed by atoms with E-state index in [1.807, 2.05) is 43.3 Å². The first-order valence-electron chi connectivity index (χ1n) is 11.3. The predicted molar refractivity (Wildman–Crippen MR) is 127 cm³/mol. The van der Waals surface area contributed by atoms with Crippen molar-refractivity contribution in [1.82, 2.24) is 19.4 Å². The molecule has 0 aliphatic carbocycles. The van der Waals surface area contributed by atoms with Gasteiger partial charge in [0.15, 0.2) is 0 Å². The number of likely N-dealkylation sites (N-methyl/N-ethyl adjacent to an activating group) is 1. The Hall–Kier alpha value is -2.70. The monoisotopic (exact) mass is 419 g/mol. The fourth-order valence-corrected chi connectivity index (χ4v) is 4.40. The number of nitrogens with zero attached hydrogens (tertiary/aromatic N) is 4. The van der Waals surface area contributed by atoms with Gasteiger partial charge in [-0.1, -0.05) is 25.1 Å². The summed E-state index contributed by atoms with van der Waals surface area (Å²) in [7, 11) is 0. The first-order chi connectivity index (χ1) is 15.0. The summed E-state index contributed by atoms with van der Waals surface area (Å²) in [5.74, 6) is 1.01. The first-order valence-corrected chi connectivity index (χ1v) is 11.3. The Balaban J connectivity index is 1.57. The maximum Gasteiger partial charge on any atom is 0.255 e. The number of fused-ring (bicyclic) bond motifs is 1. The molecule has 3 aromatic rings. The summed E-state index contributed by atoms with van der Waals surface area (Å²) in [4.78, 5) is 22.7. The van der Waals surface area contributed by atoms with E-state index < -0.39 is 0 Å². The number of carbonyl (C=O) groups excluding carboxylic acids is 1. The molecule has 31 heavy (non-hydrogen) atoms. The minimum Gasteiger partial charge on any atom is -0.324 e. The summed E-state index contributed by atoms with van der Waals surface area (Å²) in [6, 6.07) is 14.0. The summed E-state index contributed by atoms with van der Waals surface area (Å²) < 4.78 is 2.33. The van der Waals surface area contributed by atoms with Gasteiger partial charge in [0, 0.05) is 43.5 Å². The zero-order valence-electron chi connectivity index (χ0n) is 19.1. The predicted octanol–water partition coefficient (Wildman–Crippen LogP) is 4.32. The number of aryl methyl sites for hydroxylation is 1. The van der Waals surface area contributed by atoms with Crippen LogP contribution in [0.1, 0.15) is 48.6 Å². The topological polar surface area (TPSA) is 53.4 Å². The van der Waals surface area contributed by atoms with Crippen LogP contribution in [0.3, 0.4) is 0 Å². The molecule has 0 bridgehead atoms. The van der Waals surface area contributed by atoms with Crippen LogP contribution in [0.5, 0.6) is 0 Å². The SMILES string of the molecule is CCN1CCN(Cc2nc3cc(NC(=O)c4ccccc4C)ccc3n2C(C)C)CC1. The quantitative estimate of drug-likeness (QED) is 0.647. The van der Waals surface area contributed by atoms with E-state index in [4.69, 9.17) is 4.98 Å². The van der Waals surface area contributed by atoms with Gasteiger partial charge in [-0.05, 0) is 57.1 Å². The van der Waals surface area contributed by atoms with Crippen LogP contribution in [0.15, 0.2) is 42.5 Å². The fourth-order valence-electron chi connectivity index (χ4n) is 4.40. The highest BCUT2D eigenvalue weighted by Gasteiger charge is 2.20. The van der Waals surface area contributed by atoms with E-state index in [2.05, 4.69) is 46.5 Å². The van der Waals surface area contributed by atoms with E-state index in [0.29, 0.717) is 11.6 Å². The summed E-state index contributed by atoms with van der Waals surface area (Å²) in [6.45, 7) is 14.9. The van der Waals surface area contributed by atoms with Crippen molar-refractivity contribution >= 4 is 22.6 Å². The van der Waals surface area contributed by atoms with Crippen LogP contribution in [0.2, 0.25) is 0 Å². The van der Waals surface area contributed by atoms with Crippen molar-refractivity contribution in [1.29, 1.82) is 0 Å². The van der Waals surface area contributed by atoms with Crippen molar-refractivity contribution in [2.75, 3.05) is 38.0 Å². The number of imidazole rings is 1. The second-order valence-corrected chi connectivity index (χ2v) is 8.67. The number of anilines is 1. The van der Waals surface area contributed by atoms with Gasteiger partial charge in [-0.3, -0.25) is 9.69 Å². The van der Waals surface area contributed by atoms with Crippen molar-refractivity contribution in [3.8, 4) is 0 Å². The highest BCUT2D eigenvalue weighted by molar-refractivity contribution is 6.05. The summed E-state index contributed by atoms with van der Waals surface area (Å²) in [6.07, 6.45) is 0. The Bertz CT molecular complexity index is 1060. The smallest absolute Gasteiger partial charge is 0.255 e. The highest BCUT2D eigenvalue weighted by atomic mass is 16.1. The molecule has 2 heterocycles. The number of piperazine rings is 1. The average molecular weight is 420 g/mol. The summed E-state index contributed by atoms with van der Waals surface area (Å²) in [5.41, 5.74) is 4.49. The van der Waals surface area contributed by atoms with E-state index in [1.54, 1.807) is 0 Å². The molecular weight excluding hydrogens is 386 g/mol. The van der Waals surface area contributed by atoms with Crippen molar-refractivity contribution in [3.05, 3.63) is 59.4 Å². The van der Waals surface area contributed by atoms with Crippen molar-refractivity contribution < 1.29 is 4.79 Å². The molecule has 2 aromatic carbocycles. The third-order valence-corrected chi connectivity index (χ3v) is 6.20. The number of benzene rings is 2. The van der Waals surface area contributed by atoms with E-state index >= 15 is 0 Å². The minimum absolute atomic E-state index is 0.0882. The lowest BCUT2D eigenvalue weighted by Crippen LogP contribution is -2.45. The molecule has 1 aliphatic heterocycles. The third-order valence-electron chi connectivity index (χ3n) is 6.20. The minimum atomic E-state index is -0.0882. The van der Waals surface area contributed by atoms with E-state index in [1.165, 1.54) is 0 Å². The number of nitrogens with one attached hydrogen (secondary N) is 1. The number of carbonyl (C=O) groups is 1. The number of aromatic nitrogens is 2. The molecule has 0 spiro atoms. The van der Waals surface area contributed by atoms with Crippen LogP contribution >= 0.6 is 0 Å². The molecule has 1 aromatic heterocycles. The van der Waals surface area contributed by atoms with Crippen molar-refractivity contribution in [3.63, 3.8) is 0 Å². The number of hydrogen-bond donors (Lipinski definition) is 1. The van der Waals surface area contributed by atoms with Crippen LogP contribution in [0.4, 0.5) is 5.69 Å². The first kappa shape index (κ1) is 21.5. The van der Waals surface area contributed by atoms with Crippen LogP contribution < -0.4 is 5.32 Å². The van der Waals surface area contributed by atoms with E-state index in [9.17, 15) is 4.79 Å². The van der Waals surface area contributed by atoms with Crippen LogP contribution in [0, 0.1) is 6.92 Å². The Labute approximate surface area is 184 Å². The lowest BCUT2D eigenvalue weighted by atomic mass is 10.1. The van der Waals surface area contributed by atoms with Gasteiger partial charge < -0.3 is 14.8 Å². The number of amides is 1. The molecule has 0 saturated carbocycles. The molecule has 0 radical (unpaired) electrons. The van der Waals surface area contributed by atoms with Gasteiger partial charge in [0.05, 0.1) is 17.6 Å². The molecule has 6 nitrogen and oxygen atoms in total. The third kappa shape index (κ3) is 4.65. The fraction of sp³-hybridized carbons (Fsp3) is 0.440. The van der Waals surface area contributed by atoms with Gasteiger partial charge in [-0.2, -0.15) is 0 Å². The van der Waals surface area contributed by atoms with Crippen LogP contribution in [-0.2, 0) is 6.54 Å². The van der Waals surface area contributed by atoms with Gasteiger partial charge in [0.1, 0.15) is 5.82 Å². The lowest BCUT2D eigenvalue weighted by molar-refractivity contribution is 0.102. The van der Waals surface area contributed by atoms with E-state index in [-0.39, 0.29) is 5.91 Å². The van der Waals surface area contributed by atoms with Crippen molar-refractivity contribution in [2.24, 2.45) is 0 Å². The molecule has 1 N–H and O–H groups in total. The second-order valence-electron chi connectivity index (χ2n) is 8.67. The maximum atomic E-state index is 12.7. The molecule has 1 fully saturated rings. The Morgan fingerprint density at radius 1 is 1.06 bits per heavy atom. The van der Waals surface area contributed by atoms with Gasteiger partial charge in [0.2, 0.25) is 0 Å². The highest BCUT2D eigenvalue weighted by Crippen LogP contribution is 2.25. The summed E-state index contributed by atoms with van der Waals surface area (Å²) in [5, 5.41) is 3.04. The number of hydrogen-bond acceptors (Lipinski definition) is 4. The molecule has 1 saturated heterocycles. The lowest BCUT2D eigenvalue weighted by Gasteiger charge is -2.34. The maximum absolute atomic E-state index is 12.7. The Morgan fingerprint density at radius 2 is 1.77 bits per heavy atom. The molecule has 0 atom stereocenters. The molecular formula is C25H33N5O. The van der Waals surface area contributed by atoms with Gasteiger partial charge in [0.25, 0.3) is 5.91 Å². The zero-order valence-corrected chi connectivity index (χ0v) is 19.1. The molecule has 0 unspecified atom stereocenters. The van der Waals surface area contributed by atoms with Crippen LogP contribution in [0.25, 0.3) is 11.0 Å². The van der Waals surface area contributed by atoms with Gasteiger partial charge in [-0.25, -0.2) is 4.98 Å². The Morgan fingerprint density at radius 3 is 2.45 bits per heavy atom. The molecule has 164 valence electrons. The largest absolute Gasteiger partial charge is 0.324 e. The van der Waals surface area contributed by atoms with E-state index in [0.717, 1.165) is 67.4 Å². The molecule has 1 amide bonds. The molecule has 6 heteroatoms. The normalized spacial score (nSPS) is 15.6. The zero-order chi connectivity index (χ0) is 22.0. The van der Waals surface area contributed by atoms with Gasteiger partial charge in [-0.15, -0.1) is 0 Å². The Kier molecular flexibility index (Phi) is 6.39. The van der Waals surface area contributed by atoms with Gasteiger partial charge >= 0.3 is 0 Å². The second kappa shape index (κ2) is 9.20. The molecule has 1 aliphatic rings. The van der Waals surface area contributed by atoms with Crippen molar-refractivity contribution in [2.45, 2.75) is 40.3 Å². The average Bonchev–Trinajstić information content (AvgIpc) is 3.11. The van der Waals surface area contributed by atoms with Crippen LogP contribution in [-0.4, -0.2) is 58.0 Å². The molecule has 4 rings (SSSR count). The standard InChI is InChI=1S/C25H33N5O/c1-5-28-12-14-29(15-13-28)17-24-27-22-16-20(10-11-23(22)30(24)18(2)3)26-25(31)21-9-7-6-8-19(21)4/h6-11,16,18H,5,12-15,17H2,1-4H3,(H,26,31). The number of rotatable bonds is 6.